The Morgan fingerprint density at radius 3 is 2.42 bits per heavy atom. The van der Waals surface area contributed by atoms with Crippen molar-refractivity contribution in [3.63, 3.8) is 0 Å². The van der Waals surface area contributed by atoms with Crippen LogP contribution in [0.15, 0.2) is 12.7 Å². The Labute approximate surface area is 115 Å². The molecule has 0 heterocycles. The van der Waals surface area contributed by atoms with Crippen LogP contribution in [-0.4, -0.2) is 43.3 Å². The van der Waals surface area contributed by atoms with Crippen molar-refractivity contribution in [1.29, 1.82) is 0 Å². The maximum atomic E-state index is 12.0. The predicted octanol–water partition coefficient (Wildman–Crippen LogP) is 2.61. The van der Waals surface area contributed by atoms with Crippen molar-refractivity contribution >= 4 is 12.1 Å². The van der Waals surface area contributed by atoms with Crippen molar-refractivity contribution < 1.29 is 19.1 Å². The molecule has 1 amide bonds. The Balaban J connectivity index is 4.66. The number of ether oxygens (including phenoxy) is 2. The summed E-state index contributed by atoms with van der Waals surface area (Å²) in [6.07, 6.45) is 2.24. The van der Waals surface area contributed by atoms with Crippen LogP contribution in [0.1, 0.15) is 33.6 Å². The highest BCUT2D eigenvalue weighted by atomic mass is 16.6. The number of hydrogen-bond donors (Lipinski definition) is 0. The number of esters is 1. The lowest BCUT2D eigenvalue weighted by atomic mass is 10.0. The highest BCUT2D eigenvalue weighted by molar-refractivity contribution is 5.81. The third kappa shape index (κ3) is 6.84. The Hall–Kier alpha value is -1.52. The normalized spacial score (nSPS) is 11.8. The van der Waals surface area contributed by atoms with E-state index in [4.69, 9.17) is 9.47 Å². The molecule has 0 fully saturated rings. The molecule has 0 aromatic rings. The molecule has 19 heavy (non-hydrogen) atoms. The zero-order valence-corrected chi connectivity index (χ0v) is 12.3. The van der Waals surface area contributed by atoms with Gasteiger partial charge in [0.1, 0.15) is 12.6 Å². The molecular weight excluding hydrogens is 246 g/mol. The van der Waals surface area contributed by atoms with Crippen LogP contribution in [0, 0.1) is 5.92 Å². The van der Waals surface area contributed by atoms with Crippen LogP contribution in [0.25, 0.3) is 0 Å². The van der Waals surface area contributed by atoms with Crippen LogP contribution in [0.4, 0.5) is 4.79 Å². The number of nitrogens with zero attached hydrogens (tertiary/aromatic N) is 1. The van der Waals surface area contributed by atoms with Gasteiger partial charge in [0.15, 0.2) is 0 Å². The Morgan fingerprint density at radius 2 is 1.95 bits per heavy atom. The fourth-order valence-electron chi connectivity index (χ4n) is 1.52. The molecule has 0 saturated carbocycles. The van der Waals surface area contributed by atoms with Crippen molar-refractivity contribution in [3.05, 3.63) is 12.7 Å². The van der Waals surface area contributed by atoms with Crippen molar-refractivity contribution in [1.82, 2.24) is 4.90 Å². The van der Waals surface area contributed by atoms with Crippen LogP contribution >= 0.6 is 0 Å². The largest absolute Gasteiger partial charge is 0.464 e. The first-order chi connectivity index (χ1) is 8.93. The van der Waals surface area contributed by atoms with Crippen LogP contribution in [-0.2, 0) is 14.3 Å². The van der Waals surface area contributed by atoms with Gasteiger partial charge < -0.3 is 9.47 Å². The Morgan fingerprint density at radius 1 is 1.32 bits per heavy atom. The van der Waals surface area contributed by atoms with Gasteiger partial charge >= 0.3 is 12.1 Å². The summed E-state index contributed by atoms with van der Waals surface area (Å²) >= 11 is 0. The van der Waals surface area contributed by atoms with E-state index >= 15 is 0 Å². The number of carbonyl (C=O) groups is 2. The first kappa shape index (κ1) is 17.5. The van der Waals surface area contributed by atoms with E-state index in [1.807, 2.05) is 20.8 Å². The van der Waals surface area contributed by atoms with Crippen LogP contribution in [0.5, 0.6) is 0 Å². The molecule has 1 unspecified atom stereocenters. The summed E-state index contributed by atoms with van der Waals surface area (Å²) in [4.78, 5) is 25.0. The molecule has 0 bridgehead atoms. The van der Waals surface area contributed by atoms with Gasteiger partial charge in [-0.25, -0.2) is 9.59 Å². The van der Waals surface area contributed by atoms with Gasteiger partial charge in [0.05, 0.1) is 6.61 Å². The molecule has 1 atom stereocenters. The van der Waals surface area contributed by atoms with Gasteiger partial charge in [-0.3, -0.25) is 4.90 Å². The van der Waals surface area contributed by atoms with Gasteiger partial charge in [0.25, 0.3) is 0 Å². The predicted molar refractivity (Wildman–Crippen MR) is 73.8 cm³/mol. The molecule has 0 aliphatic carbocycles. The molecule has 5 nitrogen and oxygen atoms in total. The summed E-state index contributed by atoms with van der Waals surface area (Å²) < 4.78 is 10.1. The lowest BCUT2D eigenvalue weighted by Gasteiger charge is -2.27. The van der Waals surface area contributed by atoms with Crippen LogP contribution in [0.3, 0.4) is 0 Å². The number of carbonyl (C=O) groups excluding carboxylic acids is 2. The molecule has 0 aliphatic heterocycles. The summed E-state index contributed by atoms with van der Waals surface area (Å²) in [6.45, 7) is 9.87. The average Bonchev–Trinajstić information content (AvgIpc) is 2.38. The minimum absolute atomic E-state index is 0.127. The monoisotopic (exact) mass is 271 g/mol. The second-order valence-electron chi connectivity index (χ2n) is 4.79. The lowest BCUT2D eigenvalue weighted by molar-refractivity contribution is -0.149. The second kappa shape index (κ2) is 9.42. The fraction of sp³-hybridized carbons (Fsp3) is 0.714. The zero-order valence-electron chi connectivity index (χ0n) is 12.3. The summed E-state index contributed by atoms with van der Waals surface area (Å²) in [5, 5.41) is 0. The van der Waals surface area contributed by atoms with E-state index in [0.29, 0.717) is 13.0 Å². The number of amides is 1. The summed E-state index contributed by atoms with van der Waals surface area (Å²) in [5.41, 5.74) is 0. The molecule has 0 radical (unpaired) electrons. The first-order valence-electron chi connectivity index (χ1n) is 6.61. The molecular formula is C14H25NO4. The van der Waals surface area contributed by atoms with Crippen LogP contribution in [0.2, 0.25) is 0 Å². The molecule has 5 heteroatoms. The second-order valence-corrected chi connectivity index (χ2v) is 4.79. The molecule has 0 aromatic heterocycles. The van der Waals surface area contributed by atoms with Gasteiger partial charge in [-0.15, -0.1) is 0 Å². The van der Waals surface area contributed by atoms with E-state index in [1.165, 1.54) is 11.0 Å². The van der Waals surface area contributed by atoms with Crippen molar-refractivity contribution in [3.8, 4) is 0 Å². The SMILES string of the molecule is C=CCOC(=O)N(C)C(CC(C)C)C(=O)OCCC. The molecule has 0 saturated heterocycles. The zero-order chi connectivity index (χ0) is 14.8. The van der Waals surface area contributed by atoms with E-state index in [1.54, 1.807) is 7.05 Å². The minimum Gasteiger partial charge on any atom is -0.464 e. The highest BCUT2D eigenvalue weighted by Gasteiger charge is 2.29. The van der Waals surface area contributed by atoms with E-state index in [9.17, 15) is 9.59 Å². The molecule has 0 rings (SSSR count). The number of likely N-dealkylation sites (N-methyl/N-ethyl adjacent to an activating group) is 1. The van der Waals surface area contributed by atoms with Gasteiger partial charge in [-0.05, 0) is 18.8 Å². The summed E-state index contributed by atoms with van der Waals surface area (Å²) in [7, 11) is 1.55. The number of rotatable bonds is 8. The summed E-state index contributed by atoms with van der Waals surface area (Å²) in [6, 6.07) is -0.608. The van der Waals surface area contributed by atoms with Gasteiger partial charge in [0, 0.05) is 7.05 Å². The first-order valence-corrected chi connectivity index (χ1v) is 6.61. The average molecular weight is 271 g/mol. The molecule has 0 spiro atoms. The third-order valence-corrected chi connectivity index (χ3v) is 2.50. The molecule has 0 aromatic carbocycles. The maximum Gasteiger partial charge on any atom is 0.410 e. The van der Waals surface area contributed by atoms with Gasteiger partial charge in [-0.2, -0.15) is 0 Å². The van der Waals surface area contributed by atoms with Crippen molar-refractivity contribution in [2.45, 2.75) is 39.7 Å². The van der Waals surface area contributed by atoms with Crippen molar-refractivity contribution in [2.24, 2.45) is 5.92 Å². The van der Waals surface area contributed by atoms with Gasteiger partial charge in [-0.1, -0.05) is 33.4 Å². The number of hydrogen-bond acceptors (Lipinski definition) is 4. The topological polar surface area (TPSA) is 55.8 Å². The van der Waals surface area contributed by atoms with E-state index < -0.39 is 12.1 Å². The van der Waals surface area contributed by atoms with E-state index in [0.717, 1.165) is 6.42 Å². The molecule has 110 valence electrons. The van der Waals surface area contributed by atoms with E-state index in [-0.39, 0.29) is 18.5 Å². The maximum absolute atomic E-state index is 12.0. The smallest absolute Gasteiger partial charge is 0.410 e. The molecule has 0 N–H and O–H groups in total. The Kier molecular flexibility index (Phi) is 8.66. The third-order valence-electron chi connectivity index (χ3n) is 2.50. The standard InChI is InChI=1S/C14H25NO4/c1-6-8-18-13(16)12(10-11(3)4)15(5)14(17)19-9-7-2/h7,11-12H,2,6,8-10H2,1,3-5H3. The Bertz CT molecular complexity index is 302. The van der Waals surface area contributed by atoms with Gasteiger partial charge in [0.2, 0.25) is 0 Å². The highest BCUT2D eigenvalue weighted by Crippen LogP contribution is 2.13. The quantitative estimate of drug-likeness (QED) is 0.503. The fourth-order valence-corrected chi connectivity index (χ4v) is 1.52. The van der Waals surface area contributed by atoms with Crippen molar-refractivity contribution in [2.75, 3.05) is 20.3 Å². The minimum atomic E-state index is -0.608. The lowest BCUT2D eigenvalue weighted by Crippen LogP contribution is -2.44. The van der Waals surface area contributed by atoms with E-state index in [2.05, 4.69) is 6.58 Å². The summed E-state index contributed by atoms with van der Waals surface area (Å²) in [5.74, 6) is -0.109. The molecule has 0 aliphatic rings. The van der Waals surface area contributed by atoms with Crippen LogP contribution < -0.4 is 0 Å².